The van der Waals surface area contributed by atoms with Crippen molar-refractivity contribution in [1.29, 1.82) is 0 Å². The second-order valence-corrected chi connectivity index (χ2v) is 4.38. The van der Waals surface area contributed by atoms with Gasteiger partial charge in [-0.3, -0.25) is 0 Å². The predicted molar refractivity (Wildman–Crippen MR) is 79.5 cm³/mol. The van der Waals surface area contributed by atoms with Gasteiger partial charge in [0.2, 0.25) is 0 Å². The topological polar surface area (TPSA) is 90.7 Å². The van der Waals surface area contributed by atoms with Gasteiger partial charge in [0.1, 0.15) is 6.33 Å². The summed E-state index contributed by atoms with van der Waals surface area (Å²) < 4.78 is 0. The number of benzene rings is 2. The van der Waals surface area contributed by atoms with Crippen LogP contribution in [0, 0.1) is 0 Å². The smallest absolute Gasteiger partial charge is 0.163 e. The number of anilines is 2. The first kappa shape index (κ1) is 12.1. The first-order chi connectivity index (χ1) is 9.72. The molecule has 0 aliphatic carbocycles. The van der Waals surface area contributed by atoms with Crippen LogP contribution in [0.4, 0.5) is 11.4 Å². The number of hydrogen-bond donors (Lipinski definition) is 2. The highest BCUT2D eigenvalue weighted by Gasteiger charge is 2.06. The molecule has 0 saturated carbocycles. The van der Waals surface area contributed by atoms with E-state index in [9.17, 15) is 0 Å². The second-order valence-electron chi connectivity index (χ2n) is 4.38. The van der Waals surface area contributed by atoms with E-state index >= 15 is 0 Å². The molecule has 0 aliphatic rings. The van der Waals surface area contributed by atoms with Gasteiger partial charge in [-0.1, -0.05) is 24.3 Å². The molecule has 3 aromatic rings. The average Bonchev–Trinajstić information content (AvgIpc) is 2.47. The number of nitrogen functional groups attached to an aromatic ring is 2. The molecule has 0 fully saturated rings. The maximum atomic E-state index is 5.78. The van der Waals surface area contributed by atoms with E-state index < -0.39 is 0 Å². The van der Waals surface area contributed by atoms with Crippen LogP contribution in [-0.4, -0.2) is 15.0 Å². The number of nitrogens with zero attached hydrogens (tertiary/aromatic N) is 3. The molecule has 1 aromatic heterocycles. The lowest BCUT2D eigenvalue weighted by Gasteiger charge is -2.04. The first-order valence-electron chi connectivity index (χ1n) is 6.13. The zero-order valence-corrected chi connectivity index (χ0v) is 10.7. The minimum absolute atomic E-state index is 0.588. The maximum absolute atomic E-state index is 5.78. The highest BCUT2D eigenvalue weighted by atomic mass is 15.0. The molecule has 0 aliphatic heterocycles. The van der Waals surface area contributed by atoms with Crippen LogP contribution in [-0.2, 0) is 0 Å². The van der Waals surface area contributed by atoms with Crippen LogP contribution in [0.2, 0.25) is 0 Å². The molecule has 0 bridgehead atoms. The SMILES string of the molecule is Nc1cccc(-c2ncnc(-c3cccc(N)c3)n2)c1. The summed E-state index contributed by atoms with van der Waals surface area (Å²) in [6, 6.07) is 14.9. The molecule has 0 unspecified atom stereocenters. The van der Waals surface area contributed by atoms with E-state index in [1.54, 1.807) is 0 Å². The van der Waals surface area contributed by atoms with Crippen molar-refractivity contribution >= 4 is 11.4 Å². The van der Waals surface area contributed by atoms with Gasteiger partial charge in [0, 0.05) is 22.5 Å². The van der Waals surface area contributed by atoms with Crippen molar-refractivity contribution in [2.75, 3.05) is 11.5 Å². The first-order valence-corrected chi connectivity index (χ1v) is 6.13. The second kappa shape index (κ2) is 4.97. The molecule has 0 radical (unpaired) electrons. The third-order valence-electron chi connectivity index (χ3n) is 2.86. The van der Waals surface area contributed by atoms with Crippen molar-refractivity contribution in [2.24, 2.45) is 0 Å². The monoisotopic (exact) mass is 263 g/mol. The Hall–Kier alpha value is -2.95. The van der Waals surface area contributed by atoms with E-state index in [0.717, 1.165) is 11.1 Å². The summed E-state index contributed by atoms with van der Waals surface area (Å²) in [4.78, 5) is 12.8. The van der Waals surface area contributed by atoms with Crippen molar-refractivity contribution in [3.05, 3.63) is 54.9 Å². The van der Waals surface area contributed by atoms with Gasteiger partial charge in [0.15, 0.2) is 11.6 Å². The summed E-state index contributed by atoms with van der Waals surface area (Å²) in [6.07, 6.45) is 1.49. The lowest BCUT2D eigenvalue weighted by Crippen LogP contribution is -1.96. The molecule has 1 heterocycles. The van der Waals surface area contributed by atoms with Crippen LogP contribution in [0.5, 0.6) is 0 Å². The highest BCUT2D eigenvalue weighted by molar-refractivity contribution is 5.65. The van der Waals surface area contributed by atoms with Crippen LogP contribution >= 0.6 is 0 Å². The van der Waals surface area contributed by atoms with Crippen LogP contribution in [0.25, 0.3) is 22.8 Å². The van der Waals surface area contributed by atoms with Gasteiger partial charge in [-0.05, 0) is 24.3 Å². The summed E-state index contributed by atoms with van der Waals surface area (Å²) in [5.41, 5.74) is 14.6. The minimum atomic E-state index is 0.588. The van der Waals surface area contributed by atoms with Crippen molar-refractivity contribution in [2.45, 2.75) is 0 Å². The quantitative estimate of drug-likeness (QED) is 0.693. The maximum Gasteiger partial charge on any atom is 0.163 e. The molecule has 20 heavy (non-hydrogen) atoms. The third kappa shape index (κ3) is 2.42. The van der Waals surface area contributed by atoms with Gasteiger partial charge in [-0.2, -0.15) is 0 Å². The minimum Gasteiger partial charge on any atom is -0.399 e. The van der Waals surface area contributed by atoms with E-state index in [0.29, 0.717) is 23.0 Å². The summed E-state index contributed by atoms with van der Waals surface area (Å²) in [7, 11) is 0. The Morgan fingerprint density at radius 2 is 1.20 bits per heavy atom. The van der Waals surface area contributed by atoms with E-state index in [-0.39, 0.29) is 0 Å². The lowest BCUT2D eigenvalue weighted by molar-refractivity contribution is 1.07. The summed E-state index contributed by atoms with van der Waals surface area (Å²) in [5, 5.41) is 0. The van der Waals surface area contributed by atoms with E-state index in [4.69, 9.17) is 11.5 Å². The van der Waals surface area contributed by atoms with Crippen LogP contribution < -0.4 is 11.5 Å². The lowest BCUT2D eigenvalue weighted by atomic mass is 10.1. The number of hydrogen-bond acceptors (Lipinski definition) is 5. The Morgan fingerprint density at radius 1 is 0.700 bits per heavy atom. The third-order valence-corrected chi connectivity index (χ3v) is 2.86. The van der Waals surface area contributed by atoms with Crippen LogP contribution in [0.15, 0.2) is 54.9 Å². The number of aromatic nitrogens is 3. The van der Waals surface area contributed by atoms with Gasteiger partial charge in [-0.15, -0.1) is 0 Å². The fraction of sp³-hybridized carbons (Fsp3) is 0. The molecule has 0 atom stereocenters. The molecule has 3 rings (SSSR count). The standard InChI is InChI=1S/C15H13N5/c16-12-5-1-3-10(7-12)14-18-9-19-15(20-14)11-4-2-6-13(17)8-11/h1-9H,16-17H2. The van der Waals surface area contributed by atoms with Crippen molar-refractivity contribution in [1.82, 2.24) is 15.0 Å². The fourth-order valence-corrected chi connectivity index (χ4v) is 1.93. The van der Waals surface area contributed by atoms with Crippen molar-refractivity contribution in [3.63, 3.8) is 0 Å². The van der Waals surface area contributed by atoms with Crippen LogP contribution in [0.3, 0.4) is 0 Å². The zero-order valence-electron chi connectivity index (χ0n) is 10.7. The summed E-state index contributed by atoms with van der Waals surface area (Å²) in [6.45, 7) is 0. The van der Waals surface area contributed by atoms with Crippen LogP contribution in [0.1, 0.15) is 0 Å². The Labute approximate surface area is 116 Å². The fourth-order valence-electron chi connectivity index (χ4n) is 1.93. The van der Waals surface area contributed by atoms with Crippen molar-refractivity contribution < 1.29 is 0 Å². The Bertz CT molecular complexity index is 694. The molecule has 4 N–H and O–H groups in total. The Balaban J connectivity index is 2.06. The molecule has 0 spiro atoms. The van der Waals surface area contributed by atoms with Gasteiger partial charge >= 0.3 is 0 Å². The number of rotatable bonds is 2. The summed E-state index contributed by atoms with van der Waals surface area (Å²) >= 11 is 0. The molecule has 5 heteroatoms. The van der Waals surface area contributed by atoms with Crippen molar-refractivity contribution in [3.8, 4) is 22.8 Å². The highest BCUT2D eigenvalue weighted by Crippen LogP contribution is 2.21. The Morgan fingerprint density at radius 3 is 1.65 bits per heavy atom. The van der Waals surface area contributed by atoms with Gasteiger partial charge < -0.3 is 11.5 Å². The molecule has 98 valence electrons. The largest absolute Gasteiger partial charge is 0.399 e. The molecular formula is C15H13N5. The molecular weight excluding hydrogens is 250 g/mol. The summed E-state index contributed by atoms with van der Waals surface area (Å²) in [5.74, 6) is 1.18. The molecule has 2 aromatic carbocycles. The van der Waals surface area contributed by atoms with Gasteiger partial charge in [0.25, 0.3) is 0 Å². The van der Waals surface area contributed by atoms with E-state index in [1.165, 1.54) is 6.33 Å². The van der Waals surface area contributed by atoms with E-state index in [1.807, 2.05) is 48.5 Å². The average molecular weight is 263 g/mol. The molecule has 0 saturated heterocycles. The molecule has 0 amide bonds. The predicted octanol–water partition coefficient (Wildman–Crippen LogP) is 2.37. The molecule has 5 nitrogen and oxygen atoms in total. The van der Waals surface area contributed by atoms with Gasteiger partial charge in [-0.25, -0.2) is 15.0 Å². The zero-order chi connectivity index (χ0) is 13.9. The van der Waals surface area contributed by atoms with Gasteiger partial charge in [0.05, 0.1) is 0 Å². The number of nitrogens with two attached hydrogens (primary N) is 2. The Kier molecular flexibility index (Phi) is 3.01. The normalized spacial score (nSPS) is 10.4. The van der Waals surface area contributed by atoms with E-state index in [2.05, 4.69) is 15.0 Å².